The summed E-state index contributed by atoms with van der Waals surface area (Å²) < 4.78 is 5.43. The molecule has 0 aromatic heterocycles. The van der Waals surface area contributed by atoms with Gasteiger partial charge in [-0.3, -0.25) is 0 Å². The molecule has 0 saturated carbocycles. The highest BCUT2D eigenvalue weighted by Crippen LogP contribution is 2.29. The van der Waals surface area contributed by atoms with Gasteiger partial charge in [-0.05, 0) is 32.0 Å². The molecule has 0 bridgehead atoms. The van der Waals surface area contributed by atoms with Crippen LogP contribution in [0.25, 0.3) is 0 Å². The second-order valence-corrected chi connectivity index (χ2v) is 4.29. The van der Waals surface area contributed by atoms with E-state index >= 15 is 0 Å². The van der Waals surface area contributed by atoms with Crippen molar-refractivity contribution in [3.05, 3.63) is 18.2 Å². The number of nitrogen functional groups attached to an aromatic ring is 1. The van der Waals surface area contributed by atoms with Crippen molar-refractivity contribution in [1.82, 2.24) is 0 Å². The summed E-state index contributed by atoms with van der Waals surface area (Å²) in [6, 6.07) is 5.77. The summed E-state index contributed by atoms with van der Waals surface area (Å²) in [4.78, 5) is 1.07. The molecule has 0 aliphatic rings. The van der Waals surface area contributed by atoms with Crippen LogP contribution < -0.4 is 10.5 Å². The number of benzene rings is 1. The van der Waals surface area contributed by atoms with Crippen LogP contribution >= 0.6 is 11.8 Å². The summed E-state index contributed by atoms with van der Waals surface area (Å²) in [6.45, 7) is 4.50. The van der Waals surface area contributed by atoms with Crippen LogP contribution in [0.5, 0.6) is 5.75 Å². The lowest BCUT2D eigenvalue weighted by molar-refractivity contribution is 0.339. The minimum atomic E-state index is 0.676. The van der Waals surface area contributed by atoms with Crippen LogP contribution in [0.15, 0.2) is 23.1 Å². The van der Waals surface area contributed by atoms with Gasteiger partial charge in [0.2, 0.25) is 0 Å². The fraction of sp³-hybridized carbons (Fsp3) is 0.385. The molecule has 0 atom stereocenters. The van der Waals surface area contributed by atoms with Crippen molar-refractivity contribution in [3.8, 4) is 17.6 Å². The van der Waals surface area contributed by atoms with Gasteiger partial charge in [-0.25, -0.2) is 0 Å². The molecule has 0 aliphatic heterocycles. The molecule has 0 amide bonds. The third kappa shape index (κ3) is 4.08. The SMILES string of the molecule is CC#CCCSc1cc(OCC)ccc1N. The summed E-state index contributed by atoms with van der Waals surface area (Å²) in [5.41, 5.74) is 6.69. The van der Waals surface area contributed by atoms with Crippen LogP contribution in [-0.4, -0.2) is 12.4 Å². The Hall–Kier alpha value is -1.27. The van der Waals surface area contributed by atoms with Gasteiger partial charge in [-0.15, -0.1) is 23.6 Å². The number of hydrogen-bond donors (Lipinski definition) is 1. The van der Waals surface area contributed by atoms with Crippen molar-refractivity contribution in [2.75, 3.05) is 18.1 Å². The molecule has 0 spiro atoms. The first-order valence-electron chi connectivity index (χ1n) is 5.32. The van der Waals surface area contributed by atoms with Crippen molar-refractivity contribution < 1.29 is 4.74 Å². The summed E-state index contributed by atoms with van der Waals surface area (Å²) in [5.74, 6) is 7.75. The van der Waals surface area contributed by atoms with Gasteiger partial charge >= 0.3 is 0 Å². The van der Waals surface area contributed by atoms with E-state index in [0.717, 1.165) is 28.5 Å². The van der Waals surface area contributed by atoms with Crippen molar-refractivity contribution in [3.63, 3.8) is 0 Å². The average Bonchev–Trinajstić information content (AvgIpc) is 2.29. The Morgan fingerprint density at radius 3 is 2.94 bits per heavy atom. The van der Waals surface area contributed by atoms with Gasteiger partial charge < -0.3 is 10.5 Å². The molecule has 1 rings (SSSR count). The molecule has 1 aromatic carbocycles. The first-order chi connectivity index (χ1) is 7.77. The fourth-order valence-corrected chi connectivity index (χ4v) is 2.09. The van der Waals surface area contributed by atoms with Gasteiger partial charge in [0.05, 0.1) is 6.61 Å². The van der Waals surface area contributed by atoms with Gasteiger partial charge in [0.1, 0.15) is 5.75 Å². The highest BCUT2D eigenvalue weighted by atomic mass is 32.2. The van der Waals surface area contributed by atoms with Crippen molar-refractivity contribution in [1.29, 1.82) is 0 Å². The highest BCUT2D eigenvalue weighted by molar-refractivity contribution is 7.99. The fourth-order valence-electron chi connectivity index (χ4n) is 1.23. The smallest absolute Gasteiger partial charge is 0.120 e. The number of nitrogens with two attached hydrogens (primary N) is 1. The maximum atomic E-state index is 5.89. The van der Waals surface area contributed by atoms with Gasteiger partial charge in [-0.1, -0.05) is 0 Å². The summed E-state index contributed by atoms with van der Waals surface area (Å²) in [7, 11) is 0. The number of anilines is 1. The molecule has 0 saturated heterocycles. The average molecular weight is 235 g/mol. The zero-order valence-electron chi connectivity index (χ0n) is 9.75. The number of ether oxygens (including phenoxy) is 1. The molecular weight excluding hydrogens is 218 g/mol. The first kappa shape index (κ1) is 12.8. The van der Waals surface area contributed by atoms with Crippen LogP contribution in [-0.2, 0) is 0 Å². The van der Waals surface area contributed by atoms with E-state index in [-0.39, 0.29) is 0 Å². The lowest BCUT2D eigenvalue weighted by atomic mass is 10.3. The molecule has 1 aromatic rings. The van der Waals surface area contributed by atoms with E-state index in [1.807, 2.05) is 32.0 Å². The Bertz CT molecular complexity index is 393. The zero-order chi connectivity index (χ0) is 11.8. The molecule has 0 radical (unpaired) electrons. The quantitative estimate of drug-likeness (QED) is 0.368. The molecule has 0 unspecified atom stereocenters. The van der Waals surface area contributed by atoms with Crippen LogP contribution in [0.3, 0.4) is 0 Å². The maximum Gasteiger partial charge on any atom is 0.120 e. The maximum absolute atomic E-state index is 5.89. The predicted molar refractivity (Wildman–Crippen MR) is 70.8 cm³/mol. The van der Waals surface area contributed by atoms with E-state index < -0.39 is 0 Å². The van der Waals surface area contributed by atoms with Gasteiger partial charge in [0, 0.05) is 22.8 Å². The van der Waals surface area contributed by atoms with E-state index in [0.29, 0.717) is 6.61 Å². The van der Waals surface area contributed by atoms with E-state index in [9.17, 15) is 0 Å². The molecule has 2 N–H and O–H groups in total. The van der Waals surface area contributed by atoms with Crippen molar-refractivity contribution in [2.24, 2.45) is 0 Å². The Labute approximate surface area is 102 Å². The number of hydrogen-bond acceptors (Lipinski definition) is 3. The summed E-state index contributed by atoms with van der Waals surface area (Å²) >= 11 is 1.72. The van der Waals surface area contributed by atoms with E-state index in [2.05, 4.69) is 11.8 Å². The summed E-state index contributed by atoms with van der Waals surface area (Å²) in [6.07, 6.45) is 0.888. The minimum absolute atomic E-state index is 0.676. The molecule has 3 heteroatoms. The molecule has 86 valence electrons. The van der Waals surface area contributed by atoms with Gasteiger partial charge in [-0.2, -0.15) is 0 Å². The third-order valence-corrected chi connectivity index (χ3v) is 3.03. The Morgan fingerprint density at radius 2 is 2.25 bits per heavy atom. The second-order valence-electron chi connectivity index (χ2n) is 3.16. The normalized spacial score (nSPS) is 9.38. The van der Waals surface area contributed by atoms with Crippen molar-refractivity contribution >= 4 is 17.4 Å². The Kier molecular flexibility index (Phi) is 5.66. The zero-order valence-corrected chi connectivity index (χ0v) is 10.6. The minimum Gasteiger partial charge on any atom is -0.494 e. The molecule has 0 aliphatic carbocycles. The van der Waals surface area contributed by atoms with Crippen LogP contribution in [0.2, 0.25) is 0 Å². The molecule has 0 fully saturated rings. The van der Waals surface area contributed by atoms with E-state index in [4.69, 9.17) is 10.5 Å². The van der Waals surface area contributed by atoms with Crippen LogP contribution in [0.1, 0.15) is 20.3 Å². The summed E-state index contributed by atoms with van der Waals surface area (Å²) in [5, 5.41) is 0. The third-order valence-electron chi connectivity index (χ3n) is 1.96. The van der Waals surface area contributed by atoms with Crippen LogP contribution in [0, 0.1) is 11.8 Å². The molecular formula is C13H17NOS. The molecule has 16 heavy (non-hydrogen) atoms. The van der Waals surface area contributed by atoms with Gasteiger partial charge in [0.25, 0.3) is 0 Å². The van der Waals surface area contributed by atoms with Gasteiger partial charge in [0.15, 0.2) is 0 Å². The largest absolute Gasteiger partial charge is 0.494 e. The number of thioether (sulfide) groups is 1. The molecule has 0 heterocycles. The first-order valence-corrected chi connectivity index (χ1v) is 6.31. The Balaban J connectivity index is 2.61. The van der Waals surface area contributed by atoms with E-state index in [1.54, 1.807) is 11.8 Å². The Morgan fingerprint density at radius 1 is 1.44 bits per heavy atom. The lowest BCUT2D eigenvalue weighted by Gasteiger charge is -2.08. The monoisotopic (exact) mass is 235 g/mol. The van der Waals surface area contributed by atoms with E-state index in [1.165, 1.54) is 0 Å². The molecule has 2 nitrogen and oxygen atoms in total. The van der Waals surface area contributed by atoms with Crippen molar-refractivity contribution in [2.45, 2.75) is 25.2 Å². The topological polar surface area (TPSA) is 35.2 Å². The highest BCUT2D eigenvalue weighted by Gasteiger charge is 2.02. The lowest BCUT2D eigenvalue weighted by Crippen LogP contribution is -1.94. The second kappa shape index (κ2) is 7.08. The van der Waals surface area contributed by atoms with Crippen LogP contribution in [0.4, 0.5) is 5.69 Å². The standard InChI is InChI=1S/C13H17NOS/c1-3-5-6-9-16-13-10-11(15-4-2)7-8-12(13)14/h7-8,10H,4,6,9,14H2,1-2H3. The predicted octanol–water partition coefficient (Wildman–Crippen LogP) is 3.17. The number of rotatable bonds is 5.